The first-order chi connectivity index (χ1) is 12.4. The molecular weight excluding hydrogens is 304 g/mol. The molecule has 0 unspecified atom stereocenters. The van der Waals surface area contributed by atoms with E-state index in [0.717, 1.165) is 24.4 Å². The number of hydrogen-bond donors (Lipinski definition) is 0. The minimum absolute atomic E-state index is 1.07. The van der Waals surface area contributed by atoms with E-state index in [0.29, 0.717) is 0 Å². The molecule has 0 bridgehead atoms. The van der Waals surface area contributed by atoms with E-state index in [1.807, 2.05) is 0 Å². The Labute approximate surface area is 155 Å². The third-order valence-electron chi connectivity index (χ3n) is 5.19. The van der Waals surface area contributed by atoms with Crippen molar-refractivity contribution in [3.05, 3.63) is 48.0 Å². The lowest BCUT2D eigenvalue weighted by Gasteiger charge is -2.14. The molecule has 0 amide bonds. The lowest BCUT2D eigenvalue weighted by molar-refractivity contribution is 0.270. The van der Waals surface area contributed by atoms with Gasteiger partial charge < -0.3 is 4.74 Å². The fourth-order valence-electron chi connectivity index (χ4n) is 3.59. The fraction of sp³-hybridized carbons (Fsp3) is 0.667. The summed E-state index contributed by atoms with van der Waals surface area (Å²) in [5, 5.41) is 0. The Balaban J connectivity index is 1.96. The van der Waals surface area contributed by atoms with Crippen LogP contribution in [-0.4, -0.2) is 0 Å². The molecule has 0 aromatic carbocycles. The van der Waals surface area contributed by atoms with Gasteiger partial charge in [0, 0.05) is 12.8 Å². The molecule has 0 fully saturated rings. The Hall–Kier alpha value is -1.24. The summed E-state index contributed by atoms with van der Waals surface area (Å²) in [7, 11) is 0. The SMILES string of the molecule is C1=CCCCCCCCCC(OC2=CC=CCCCCCCCC2)=C1. The molecule has 2 rings (SSSR count). The van der Waals surface area contributed by atoms with Crippen LogP contribution < -0.4 is 0 Å². The Kier molecular flexibility index (Phi) is 11.2. The first kappa shape index (κ1) is 20.1. The van der Waals surface area contributed by atoms with Crippen molar-refractivity contribution in [2.45, 2.75) is 103 Å². The van der Waals surface area contributed by atoms with Crippen molar-refractivity contribution >= 4 is 0 Å². The predicted octanol–water partition coefficient (Wildman–Crippen LogP) is 8.15. The van der Waals surface area contributed by atoms with Gasteiger partial charge in [0.2, 0.25) is 0 Å². The van der Waals surface area contributed by atoms with Crippen LogP contribution in [0.15, 0.2) is 48.0 Å². The molecule has 0 aromatic rings. The van der Waals surface area contributed by atoms with Crippen LogP contribution in [0.25, 0.3) is 0 Å². The molecule has 0 N–H and O–H groups in total. The molecule has 0 saturated carbocycles. The highest BCUT2D eigenvalue weighted by Gasteiger charge is 2.05. The quantitative estimate of drug-likeness (QED) is 0.492. The summed E-state index contributed by atoms with van der Waals surface area (Å²) >= 11 is 0. The van der Waals surface area contributed by atoms with Gasteiger partial charge in [-0.15, -0.1) is 0 Å². The second-order valence-corrected chi connectivity index (χ2v) is 7.54. The van der Waals surface area contributed by atoms with Gasteiger partial charge in [-0.3, -0.25) is 0 Å². The van der Waals surface area contributed by atoms with Gasteiger partial charge in [-0.2, -0.15) is 0 Å². The Bertz CT molecular complexity index is 411. The van der Waals surface area contributed by atoms with Crippen LogP contribution in [0.2, 0.25) is 0 Å². The molecule has 2 aliphatic rings. The van der Waals surface area contributed by atoms with Gasteiger partial charge in [0.05, 0.1) is 0 Å². The highest BCUT2D eigenvalue weighted by Crippen LogP contribution is 2.21. The van der Waals surface area contributed by atoms with Gasteiger partial charge in [0.1, 0.15) is 11.5 Å². The third-order valence-corrected chi connectivity index (χ3v) is 5.19. The summed E-state index contributed by atoms with van der Waals surface area (Å²) in [6.07, 6.45) is 34.2. The standard InChI is InChI=1S/C24H38O/c1-3-7-11-15-19-23(20-16-12-8-4-1)25-24-21-17-13-9-5-2-6-10-14-18-22-24/h11,13,15,17,19,21H,1-10,12,14,16,18,20,22H2. The maximum absolute atomic E-state index is 6.36. The summed E-state index contributed by atoms with van der Waals surface area (Å²) in [4.78, 5) is 0. The highest BCUT2D eigenvalue weighted by atomic mass is 16.5. The molecule has 1 heteroatoms. The van der Waals surface area contributed by atoms with Crippen LogP contribution in [-0.2, 0) is 4.74 Å². The van der Waals surface area contributed by atoms with Crippen molar-refractivity contribution in [3.63, 3.8) is 0 Å². The molecule has 2 aliphatic carbocycles. The van der Waals surface area contributed by atoms with Crippen LogP contribution in [0.3, 0.4) is 0 Å². The summed E-state index contributed by atoms with van der Waals surface area (Å²) < 4.78 is 6.36. The number of ether oxygens (including phenoxy) is 1. The van der Waals surface area contributed by atoms with Crippen molar-refractivity contribution in [3.8, 4) is 0 Å². The maximum Gasteiger partial charge on any atom is 0.104 e. The van der Waals surface area contributed by atoms with Gasteiger partial charge in [-0.25, -0.2) is 0 Å². The van der Waals surface area contributed by atoms with Crippen LogP contribution in [0.4, 0.5) is 0 Å². The smallest absolute Gasteiger partial charge is 0.104 e. The van der Waals surface area contributed by atoms with E-state index in [1.54, 1.807) is 0 Å². The highest BCUT2D eigenvalue weighted by molar-refractivity contribution is 5.14. The zero-order valence-electron chi connectivity index (χ0n) is 16.2. The van der Waals surface area contributed by atoms with Crippen LogP contribution in [0.5, 0.6) is 0 Å². The average Bonchev–Trinajstić information content (AvgIpc) is 2.59. The minimum atomic E-state index is 1.07. The minimum Gasteiger partial charge on any atom is -0.466 e. The van der Waals surface area contributed by atoms with Gasteiger partial charge in [0.15, 0.2) is 0 Å². The van der Waals surface area contributed by atoms with Gasteiger partial charge in [0.25, 0.3) is 0 Å². The molecule has 0 heterocycles. The first-order valence-corrected chi connectivity index (χ1v) is 10.8. The molecule has 25 heavy (non-hydrogen) atoms. The number of allylic oxidation sites excluding steroid dienone is 8. The predicted molar refractivity (Wildman–Crippen MR) is 109 cm³/mol. The second-order valence-electron chi connectivity index (χ2n) is 7.54. The zero-order valence-corrected chi connectivity index (χ0v) is 16.2. The lowest BCUT2D eigenvalue weighted by Crippen LogP contribution is -1.96. The topological polar surface area (TPSA) is 9.23 Å². The summed E-state index contributed by atoms with van der Waals surface area (Å²) in [5.74, 6) is 2.31. The molecule has 0 aliphatic heterocycles. The Morgan fingerprint density at radius 2 is 0.880 bits per heavy atom. The van der Waals surface area contributed by atoms with Crippen LogP contribution in [0.1, 0.15) is 103 Å². The summed E-state index contributed by atoms with van der Waals surface area (Å²) in [6, 6.07) is 0. The van der Waals surface area contributed by atoms with Gasteiger partial charge in [-0.1, -0.05) is 75.7 Å². The molecular formula is C24H38O. The molecule has 0 aromatic heterocycles. The monoisotopic (exact) mass is 342 g/mol. The van der Waals surface area contributed by atoms with E-state index in [9.17, 15) is 0 Å². The fourth-order valence-corrected chi connectivity index (χ4v) is 3.59. The second kappa shape index (κ2) is 14.0. The first-order valence-electron chi connectivity index (χ1n) is 10.8. The van der Waals surface area contributed by atoms with Crippen molar-refractivity contribution in [1.29, 1.82) is 0 Å². The van der Waals surface area contributed by atoms with E-state index in [2.05, 4.69) is 36.5 Å². The van der Waals surface area contributed by atoms with E-state index in [-0.39, 0.29) is 0 Å². The molecule has 0 spiro atoms. The normalized spacial score (nSPS) is 22.4. The van der Waals surface area contributed by atoms with E-state index in [4.69, 9.17) is 4.74 Å². The number of rotatable bonds is 2. The van der Waals surface area contributed by atoms with Crippen LogP contribution in [0, 0.1) is 0 Å². The van der Waals surface area contributed by atoms with E-state index >= 15 is 0 Å². The third kappa shape index (κ3) is 10.4. The lowest BCUT2D eigenvalue weighted by atomic mass is 10.1. The molecule has 0 atom stereocenters. The van der Waals surface area contributed by atoms with E-state index in [1.165, 1.54) is 89.9 Å². The van der Waals surface area contributed by atoms with E-state index < -0.39 is 0 Å². The molecule has 0 radical (unpaired) electrons. The summed E-state index contributed by atoms with van der Waals surface area (Å²) in [5.41, 5.74) is 0. The Morgan fingerprint density at radius 1 is 0.480 bits per heavy atom. The average molecular weight is 343 g/mol. The van der Waals surface area contributed by atoms with Gasteiger partial charge in [-0.05, 0) is 50.7 Å². The molecule has 140 valence electrons. The number of hydrogen-bond acceptors (Lipinski definition) is 1. The van der Waals surface area contributed by atoms with Crippen LogP contribution >= 0.6 is 0 Å². The van der Waals surface area contributed by atoms with Crippen molar-refractivity contribution in [1.82, 2.24) is 0 Å². The molecule has 0 saturated heterocycles. The van der Waals surface area contributed by atoms with Crippen molar-refractivity contribution < 1.29 is 4.74 Å². The van der Waals surface area contributed by atoms with Crippen molar-refractivity contribution in [2.24, 2.45) is 0 Å². The Morgan fingerprint density at radius 3 is 1.36 bits per heavy atom. The van der Waals surface area contributed by atoms with Gasteiger partial charge >= 0.3 is 0 Å². The molecule has 1 nitrogen and oxygen atoms in total. The zero-order chi connectivity index (χ0) is 17.4. The summed E-state index contributed by atoms with van der Waals surface area (Å²) in [6.45, 7) is 0. The largest absolute Gasteiger partial charge is 0.466 e. The van der Waals surface area contributed by atoms with Crippen molar-refractivity contribution in [2.75, 3.05) is 0 Å². The maximum atomic E-state index is 6.36.